The molecule has 27 heavy (non-hydrogen) atoms. The van der Waals surface area contributed by atoms with Crippen LogP contribution >= 0.6 is 0 Å². The van der Waals surface area contributed by atoms with Crippen molar-refractivity contribution in [2.75, 3.05) is 20.3 Å². The Morgan fingerprint density at radius 2 is 1.85 bits per heavy atom. The predicted molar refractivity (Wildman–Crippen MR) is 102 cm³/mol. The molecule has 1 unspecified atom stereocenters. The van der Waals surface area contributed by atoms with Gasteiger partial charge in [0.15, 0.2) is 17.3 Å². The summed E-state index contributed by atoms with van der Waals surface area (Å²) in [4.78, 5) is 23.3. The van der Waals surface area contributed by atoms with Crippen molar-refractivity contribution in [2.45, 2.75) is 25.9 Å². The van der Waals surface area contributed by atoms with E-state index >= 15 is 0 Å². The van der Waals surface area contributed by atoms with Gasteiger partial charge in [-0.3, -0.25) is 9.59 Å². The second kappa shape index (κ2) is 10.3. The average Bonchev–Trinajstić information content (AvgIpc) is 2.69. The van der Waals surface area contributed by atoms with Crippen LogP contribution in [0.25, 0.3) is 0 Å². The molecule has 2 N–H and O–H groups in total. The van der Waals surface area contributed by atoms with Gasteiger partial charge in [-0.25, -0.2) is 0 Å². The number of Topliss-reactive ketones (excluding diaryl/α,β-unsaturated/α-hetero) is 1. The molecule has 0 fully saturated rings. The van der Waals surface area contributed by atoms with Gasteiger partial charge in [0.25, 0.3) is 0 Å². The van der Waals surface area contributed by atoms with Crippen molar-refractivity contribution in [2.24, 2.45) is 0 Å². The molecule has 6 heteroatoms. The Labute approximate surface area is 159 Å². The fraction of sp³-hybridized carbons (Fsp3) is 0.333. The second-order valence-electron chi connectivity index (χ2n) is 6.10. The summed E-state index contributed by atoms with van der Waals surface area (Å²) in [5, 5.41) is 12.7. The molecule has 0 saturated carbocycles. The standard InChI is InChI=1S/C21H25NO5/c1-15(23)17-10-11-19(20(13-17)26-2)27-12-6-9-21(25)22-14-18(24)16-7-4-3-5-8-16/h3-5,7-8,10-11,13,18,24H,6,9,12,14H2,1-2H3,(H,22,25). The van der Waals surface area contributed by atoms with Crippen molar-refractivity contribution in [1.29, 1.82) is 0 Å². The molecule has 0 heterocycles. The first-order valence-corrected chi connectivity index (χ1v) is 8.82. The summed E-state index contributed by atoms with van der Waals surface area (Å²) < 4.78 is 10.9. The monoisotopic (exact) mass is 371 g/mol. The van der Waals surface area contributed by atoms with Crippen LogP contribution in [0.15, 0.2) is 48.5 Å². The van der Waals surface area contributed by atoms with Crippen LogP contribution in [-0.4, -0.2) is 37.1 Å². The summed E-state index contributed by atoms with van der Waals surface area (Å²) in [6.45, 7) is 2.00. The first-order valence-electron chi connectivity index (χ1n) is 8.82. The molecule has 6 nitrogen and oxygen atoms in total. The Hall–Kier alpha value is -2.86. The SMILES string of the molecule is COc1cc(C(C)=O)ccc1OCCCC(=O)NCC(O)c1ccccc1. The molecule has 0 saturated heterocycles. The van der Waals surface area contributed by atoms with Gasteiger partial charge in [-0.2, -0.15) is 0 Å². The quantitative estimate of drug-likeness (QED) is 0.495. The molecular weight excluding hydrogens is 346 g/mol. The highest BCUT2D eigenvalue weighted by molar-refractivity contribution is 5.94. The smallest absolute Gasteiger partial charge is 0.220 e. The molecular formula is C21H25NO5. The third-order valence-corrected chi connectivity index (χ3v) is 4.05. The lowest BCUT2D eigenvalue weighted by Crippen LogP contribution is -2.28. The Morgan fingerprint density at radius 1 is 1.11 bits per heavy atom. The van der Waals surface area contributed by atoms with E-state index in [-0.39, 0.29) is 24.7 Å². The Bertz CT molecular complexity index is 760. The van der Waals surface area contributed by atoms with E-state index in [1.165, 1.54) is 14.0 Å². The minimum Gasteiger partial charge on any atom is -0.493 e. The second-order valence-corrected chi connectivity index (χ2v) is 6.10. The number of ketones is 1. The van der Waals surface area contributed by atoms with Crippen molar-refractivity contribution < 1.29 is 24.2 Å². The van der Waals surface area contributed by atoms with Crippen molar-refractivity contribution in [3.63, 3.8) is 0 Å². The van der Waals surface area contributed by atoms with Gasteiger partial charge in [-0.15, -0.1) is 0 Å². The summed E-state index contributed by atoms with van der Waals surface area (Å²) in [6.07, 6.45) is 0.0794. The van der Waals surface area contributed by atoms with Gasteiger partial charge in [-0.1, -0.05) is 30.3 Å². The number of hydrogen-bond acceptors (Lipinski definition) is 5. The first kappa shape index (κ1) is 20.5. The molecule has 0 radical (unpaired) electrons. The summed E-state index contributed by atoms with van der Waals surface area (Å²) >= 11 is 0. The minimum atomic E-state index is -0.726. The van der Waals surface area contributed by atoms with E-state index in [0.29, 0.717) is 30.1 Å². The van der Waals surface area contributed by atoms with Crippen LogP contribution in [0.1, 0.15) is 41.8 Å². The van der Waals surface area contributed by atoms with Crippen molar-refractivity contribution in [1.82, 2.24) is 5.32 Å². The van der Waals surface area contributed by atoms with Crippen molar-refractivity contribution in [3.8, 4) is 11.5 Å². The van der Waals surface area contributed by atoms with Crippen LogP contribution in [0.5, 0.6) is 11.5 Å². The van der Waals surface area contributed by atoms with Crippen LogP contribution in [-0.2, 0) is 4.79 Å². The van der Waals surface area contributed by atoms with Crippen LogP contribution < -0.4 is 14.8 Å². The van der Waals surface area contributed by atoms with Crippen LogP contribution in [0.2, 0.25) is 0 Å². The number of carbonyl (C=O) groups is 2. The van der Waals surface area contributed by atoms with E-state index in [4.69, 9.17) is 9.47 Å². The van der Waals surface area contributed by atoms with Gasteiger partial charge in [0, 0.05) is 18.5 Å². The number of amides is 1. The molecule has 2 aromatic carbocycles. The van der Waals surface area contributed by atoms with Crippen LogP contribution in [0.4, 0.5) is 0 Å². The molecule has 2 rings (SSSR count). The van der Waals surface area contributed by atoms with E-state index in [9.17, 15) is 14.7 Å². The molecule has 0 bridgehead atoms. The molecule has 2 aromatic rings. The summed E-state index contributed by atoms with van der Waals surface area (Å²) in [5.74, 6) is 0.822. The predicted octanol–water partition coefficient (Wildman–Crippen LogP) is 2.91. The van der Waals surface area contributed by atoms with Gasteiger partial charge in [-0.05, 0) is 37.1 Å². The van der Waals surface area contributed by atoms with Crippen molar-refractivity contribution >= 4 is 11.7 Å². The first-order chi connectivity index (χ1) is 13.0. The summed E-state index contributed by atoms with van der Waals surface area (Å²) in [7, 11) is 1.51. The maximum absolute atomic E-state index is 11.9. The number of benzene rings is 2. The highest BCUT2D eigenvalue weighted by Crippen LogP contribution is 2.28. The Kier molecular flexibility index (Phi) is 7.82. The zero-order valence-corrected chi connectivity index (χ0v) is 15.6. The Balaban J connectivity index is 1.72. The lowest BCUT2D eigenvalue weighted by atomic mass is 10.1. The average molecular weight is 371 g/mol. The third kappa shape index (κ3) is 6.42. The number of nitrogens with one attached hydrogen (secondary N) is 1. The van der Waals surface area contributed by atoms with E-state index in [2.05, 4.69) is 5.32 Å². The fourth-order valence-electron chi connectivity index (χ4n) is 2.51. The van der Waals surface area contributed by atoms with Gasteiger partial charge in [0.1, 0.15) is 0 Å². The van der Waals surface area contributed by atoms with E-state index in [0.717, 1.165) is 5.56 Å². The van der Waals surface area contributed by atoms with Crippen LogP contribution in [0, 0.1) is 0 Å². The maximum atomic E-state index is 11.9. The van der Waals surface area contributed by atoms with Crippen molar-refractivity contribution in [3.05, 3.63) is 59.7 Å². The molecule has 1 atom stereocenters. The molecule has 0 aliphatic heterocycles. The zero-order valence-electron chi connectivity index (χ0n) is 15.6. The normalized spacial score (nSPS) is 11.5. The van der Waals surface area contributed by atoms with Gasteiger partial charge < -0.3 is 19.9 Å². The number of hydrogen-bond donors (Lipinski definition) is 2. The Morgan fingerprint density at radius 3 is 2.52 bits per heavy atom. The largest absolute Gasteiger partial charge is 0.493 e. The highest BCUT2D eigenvalue weighted by Gasteiger charge is 2.10. The maximum Gasteiger partial charge on any atom is 0.220 e. The highest BCUT2D eigenvalue weighted by atomic mass is 16.5. The summed E-state index contributed by atoms with van der Waals surface area (Å²) in [6, 6.07) is 14.2. The number of rotatable bonds is 10. The minimum absolute atomic E-state index is 0.0470. The number of methoxy groups -OCH3 is 1. The molecule has 0 aliphatic carbocycles. The van der Waals surface area contributed by atoms with Gasteiger partial charge >= 0.3 is 0 Å². The topological polar surface area (TPSA) is 84.9 Å². The fourth-order valence-corrected chi connectivity index (χ4v) is 2.51. The lowest BCUT2D eigenvalue weighted by molar-refractivity contribution is -0.121. The number of ether oxygens (including phenoxy) is 2. The number of carbonyl (C=O) groups excluding carboxylic acids is 2. The van der Waals surface area contributed by atoms with Crippen LogP contribution in [0.3, 0.4) is 0 Å². The van der Waals surface area contributed by atoms with E-state index in [1.807, 2.05) is 30.3 Å². The molecule has 0 spiro atoms. The molecule has 1 amide bonds. The van der Waals surface area contributed by atoms with E-state index in [1.54, 1.807) is 18.2 Å². The summed E-state index contributed by atoms with van der Waals surface area (Å²) in [5.41, 5.74) is 1.32. The van der Waals surface area contributed by atoms with Gasteiger partial charge in [0.2, 0.25) is 5.91 Å². The van der Waals surface area contributed by atoms with Gasteiger partial charge in [0.05, 0.1) is 19.8 Å². The third-order valence-electron chi connectivity index (χ3n) is 4.05. The molecule has 0 aliphatic rings. The molecule has 144 valence electrons. The number of aliphatic hydroxyl groups is 1. The zero-order chi connectivity index (χ0) is 19.6. The van der Waals surface area contributed by atoms with E-state index < -0.39 is 6.10 Å². The lowest BCUT2D eigenvalue weighted by Gasteiger charge is -2.13. The number of aliphatic hydroxyl groups excluding tert-OH is 1. The molecule has 0 aromatic heterocycles.